The van der Waals surface area contributed by atoms with E-state index >= 15 is 0 Å². The van der Waals surface area contributed by atoms with E-state index in [0.29, 0.717) is 6.42 Å². The number of aliphatic hydroxyl groups is 1. The van der Waals surface area contributed by atoms with Crippen LogP contribution in [0, 0.1) is 0 Å². The van der Waals surface area contributed by atoms with E-state index in [4.69, 9.17) is 5.11 Å². The van der Waals surface area contributed by atoms with Gasteiger partial charge in [0.15, 0.2) is 0 Å². The number of thiazole rings is 1. The average Bonchev–Trinajstić information content (AvgIpc) is 2.68. The van der Waals surface area contributed by atoms with Crippen LogP contribution in [0.15, 0.2) is 36.5 Å². The topological polar surface area (TPSA) is 33.1 Å². The zero-order chi connectivity index (χ0) is 10.5. The second-order valence-electron chi connectivity index (χ2n) is 3.36. The molecule has 1 aromatic heterocycles. The number of benzene rings is 1. The predicted molar refractivity (Wildman–Crippen MR) is 62.2 cm³/mol. The average molecular weight is 219 g/mol. The molecular weight excluding hydrogens is 206 g/mol. The number of hydrogen-bond donors (Lipinski definition) is 1. The third-order valence-electron chi connectivity index (χ3n) is 2.16. The lowest BCUT2D eigenvalue weighted by Crippen LogP contribution is -1.85. The van der Waals surface area contributed by atoms with Gasteiger partial charge in [0, 0.05) is 30.5 Å². The maximum absolute atomic E-state index is 8.80. The fourth-order valence-corrected chi connectivity index (χ4v) is 2.37. The fraction of sp³-hybridized carbons (Fsp3) is 0.250. The normalized spacial score (nSPS) is 10.5. The highest BCUT2D eigenvalue weighted by Crippen LogP contribution is 2.16. The largest absolute Gasteiger partial charge is 0.396 e. The SMILES string of the molecule is OCCc1cnc(Cc2ccccc2)s1. The highest BCUT2D eigenvalue weighted by atomic mass is 32.1. The Hall–Kier alpha value is -1.19. The van der Waals surface area contributed by atoms with Crippen molar-refractivity contribution in [2.24, 2.45) is 0 Å². The number of aliphatic hydroxyl groups excluding tert-OH is 1. The maximum Gasteiger partial charge on any atom is 0.0971 e. The molecule has 0 aliphatic carbocycles. The Morgan fingerprint density at radius 2 is 2.00 bits per heavy atom. The molecule has 0 saturated carbocycles. The summed E-state index contributed by atoms with van der Waals surface area (Å²) in [4.78, 5) is 5.49. The predicted octanol–water partition coefficient (Wildman–Crippen LogP) is 2.27. The third kappa shape index (κ3) is 2.88. The van der Waals surface area contributed by atoms with Crippen molar-refractivity contribution in [2.75, 3.05) is 6.61 Å². The van der Waals surface area contributed by atoms with Crippen LogP contribution in [0.4, 0.5) is 0 Å². The Morgan fingerprint density at radius 1 is 1.20 bits per heavy atom. The number of aromatic nitrogens is 1. The van der Waals surface area contributed by atoms with E-state index in [2.05, 4.69) is 17.1 Å². The Bertz CT molecular complexity index is 411. The second-order valence-corrected chi connectivity index (χ2v) is 4.56. The summed E-state index contributed by atoms with van der Waals surface area (Å²) >= 11 is 1.68. The molecule has 0 spiro atoms. The van der Waals surface area contributed by atoms with E-state index < -0.39 is 0 Å². The van der Waals surface area contributed by atoms with Gasteiger partial charge in [-0.15, -0.1) is 11.3 Å². The van der Waals surface area contributed by atoms with Crippen molar-refractivity contribution in [1.29, 1.82) is 0 Å². The molecule has 0 fully saturated rings. The van der Waals surface area contributed by atoms with Crippen molar-refractivity contribution in [3.05, 3.63) is 52.0 Å². The Kier molecular flexibility index (Phi) is 3.48. The molecule has 2 rings (SSSR count). The van der Waals surface area contributed by atoms with E-state index in [1.165, 1.54) is 5.56 Å². The molecule has 0 bridgehead atoms. The Labute approximate surface area is 93.2 Å². The van der Waals surface area contributed by atoms with Gasteiger partial charge in [0.2, 0.25) is 0 Å². The van der Waals surface area contributed by atoms with Crippen LogP contribution in [0.25, 0.3) is 0 Å². The molecule has 0 aliphatic heterocycles. The van der Waals surface area contributed by atoms with Crippen LogP contribution >= 0.6 is 11.3 Å². The van der Waals surface area contributed by atoms with Crippen molar-refractivity contribution >= 4 is 11.3 Å². The number of nitrogens with zero attached hydrogens (tertiary/aromatic N) is 1. The summed E-state index contributed by atoms with van der Waals surface area (Å²) in [6, 6.07) is 10.3. The van der Waals surface area contributed by atoms with E-state index in [0.717, 1.165) is 16.3 Å². The lowest BCUT2D eigenvalue weighted by atomic mass is 10.2. The van der Waals surface area contributed by atoms with Gasteiger partial charge in [-0.25, -0.2) is 4.98 Å². The summed E-state index contributed by atoms with van der Waals surface area (Å²) in [6.45, 7) is 0.201. The molecule has 0 radical (unpaired) electrons. The minimum atomic E-state index is 0.201. The summed E-state index contributed by atoms with van der Waals surface area (Å²) < 4.78 is 0. The standard InChI is InChI=1S/C12H13NOS/c14-7-6-11-9-13-12(15-11)8-10-4-2-1-3-5-10/h1-5,9,14H,6-8H2. The van der Waals surface area contributed by atoms with E-state index in [-0.39, 0.29) is 6.61 Å². The van der Waals surface area contributed by atoms with E-state index in [1.54, 1.807) is 11.3 Å². The summed E-state index contributed by atoms with van der Waals surface area (Å²) in [5.74, 6) is 0. The van der Waals surface area contributed by atoms with E-state index in [1.807, 2.05) is 24.4 Å². The molecule has 0 atom stereocenters. The molecule has 78 valence electrons. The van der Waals surface area contributed by atoms with Gasteiger partial charge in [-0.2, -0.15) is 0 Å². The van der Waals surface area contributed by atoms with Gasteiger partial charge in [0.25, 0.3) is 0 Å². The first-order valence-corrected chi connectivity index (χ1v) is 5.78. The first kappa shape index (κ1) is 10.3. The molecule has 1 N–H and O–H groups in total. The first-order chi connectivity index (χ1) is 7.38. The lowest BCUT2D eigenvalue weighted by molar-refractivity contribution is 0.300. The van der Waals surface area contributed by atoms with Crippen molar-refractivity contribution in [1.82, 2.24) is 4.98 Å². The van der Waals surface area contributed by atoms with Gasteiger partial charge in [0.05, 0.1) is 5.01 Å². The highest BCUT2D eigenvalue weighted by molar-refractivity contribution is 7.11. The van der Waals surface area contributed by atoms with Crippen LogP contribution in [0.1, 0.15) is 15.4 Å². The molecule has 0 amide bonds. The third-order valence-corrected chi connectivity index (χ3v) is 3.21. The van der Waals surface area contributed by atoms with Gasteiger partial charge < -0.3 is 5.11 Å². The molecular formula is C12H13NOS. The van der Waals surface area contributed by atoms with Gasteiger partial charge >= 0.3 is 0 Å². The number of rotatable bonds is 4. The Morgan fingerprint density at radius 3 is 2.73 bits per heavy atom. The van der Waals surface area contributed by atoms with Gasteiger partial charge in [-0.05, 0) is 5.56 Å². The molecule has 2 nitrogen and oxygen atoms in total. The summed E-state index contributed by atoms with van der Waals surface area (Å²) in [7, 11) is 0. The zero-order valence-corrected chi connectivity index (χ0v) is 9.20. The first-order valence-electron chi connectivity index (χ1n) is 4.97. The highest BCUT2D eigenvalue weighted by Gasteiger charge is 2.02. The minimum absolute atomic E-state index is 0.201. The van der Waals surface area contributed by atoms with Crippen LogP contribution in [0.3, 0.4) is 0 Å². The molecule has 2 aromatic rings. The second kappa shape index (κ2) is 5.05. The molecule has 1 heterocycles. The quantitative estimate of drug-likeness (QED) is 0.855. The summed E-state index contributed by atoms with van der Waals surface area (Å²) in [5, 5.41) is 9.91. The smallest absolute Gasteiger partial charge is 0.0971 e. The van der Waals surface area contributed by atoms with Gasteiger partial charge in [0.1, 0.15) is 0 Å². The van der Waals surface area contributed by atoms with Crippen LogP contribution in [-0.2, 0) is 12.8 Å². The van der Waals surface area contributed by atoms with Crippen molar-refractivity contribution in [3.63, 3.8) is 0 Å². The van der Waals surface area contributed by atoms with Gasteiger partial charge in [-0.3, -0.25) is 0 Å². The maximum atomic E-state index is 8.80. The van der Waals surface area contributed by atoms with Crippen molar-refractivity contribution in [2.45, 2.75) is 12.8 Å². The molecule has 0 unspecified atom stereocenters. The van der Waals surface area contributed by atoms with Crippen molar-refractivity contribution in [3.8, 4) is 0 Å². The zero-order valence-electron chi connectivity index (χ0n) is 8.39. The number of hydrogen-bond acceptors (Lipinski definition) is 3. The molecule has 1 aromatic carbocycles. The van der Waals surface area contributed by atoms with Crippen LogP contribution in [0.2, 0.25) is 0 Å². The minimum Gasteiger partial charge on any atom is -0.396 e. The molecule has 3 heteroatoms. The molecule has 0 aliphatic rings. The van der Waals surface area contributed by atoms with Crippen LogP contribution < -0.4 is 0 Å². The van der Waals surface area contributed by atoms with E-state index in [9.17, 15) is 0 Å². The monoisotopic (exact) mass is 219 g/mol. The molecule has 15 heavy (non-hydrogen) atoms. The van der Waals surface area contributed by atoms with Crippen LogP contribution in [0.5, 0.6) is 0 Å². The van der Waals surface area contributed by atoms with Gasteiger partial charge in [-0.1, -0.05) is 30.3 Å². The Balaban J connectivity index is 2.05. The molecule has 0 saturated heterocycles. The van der Waals surface area contributed by atoms with Crippen molar-refractivity contribution < 1.29 is 5.11 Å². The lowest BCUT2D eigenvalue weighted by Gasteiger charge is -1.95. The summed E-state index contributed by atoms with van der Waals surface area (Å²) in [5.41, 5.74) is 1.28. The van der Waals surface area contributed by atoms with Crippen LogP contribution in [-0.4, -0.2) is 16.7 Å². The fourth-order valence-electron chi connectivity index (χ4n) is 1.43. The summed E-state index contributed by atoms with van der Waals surface area (Å²) in [6.07, 6.45) is 3.46.